The molecule has 6 nitrogen and oxygen atoms in total. The lowest BCUT2D eigenvalue weighted by Gasteiger charge is -2.16. The maximum atomic E-state index is 12.1. The Labute approximate surface area is 117 Å². The molecule has 2 heterocycles. The van der Waals surface area contributed by atoms with Gasteiger partial charge in [-0.25, -0.2) is 4.68 Å². The first-order valence-electron chi connectivity index (χ1n) is 6.64. The highest BCUT2D eigenvalue weighted by atomic mass is 16.5. The Kier molecular flexibility index (Phi) is 3.62. The second-order valence-corrected chi connectivity index (χ2v) is 4.77. The van der Waals surface area contributed by atoms with Gasteiger partial charge in [0.25, 0.3) is 5.91 Å². The minimum atomic E-state index is 0.0106. The van der Waals surface area contributed by atoms with E-state index in [2.05, 4.69) is 10.3 Å². The molecular formula is C14H16N4O2. The van der Waals surface area contributed by atoms with Crippen LogP contribution < -0.4 is 4.74 Å². The summed E-state index contributed by atoms with van der Waals surface area (Å²) >= 11 is 0. The molecule has 1 fully saturated rings. The second kappa shape index (κ2) is 5.73. The third kappa shape index (κ3) is 2.79. The fourth-order valence-corrected chi connectivity index (χ4v) is 2.35. The molecule has 1 saturated heterocycles. The predicted octanol–water partition coefficient (Wildman–Crippen LogP) is 1.13. The largest absolute Gasteiger partial charge is 0.484 e. The summed E-state index contributed by atoms with van der Waals surface area (Å²) in [6.45, 7) is 1.48. The Morgan fingerprint density at radius 2 is 2.20 bits per heavy atom. The topological polar surface area (TPSA) is 60.2 Å². The summed E-state index contributed by atoms with van der Waals surface area (Å²) in [5.74, 6) is 0.726. The van der Waals surface area contributed by atoms with Crippen LogP contribution in [0.25, 0.3) is 0 Å². The van der Waals surface area contributed by atoms with Crippen molar-refractivity contribution in [2.24, 2.45) is 0 Å². The number of hydrogen-bond acceptors (Lipinski definition) is 4. The molecule has 104 valence electrons. The van der Waals surface area contributed by atoms with Gasteiger partial charge in [-0.1, -0.05) is 23.4 Å². The van der Waals surface area contributed by atoms with Crippen molar-refractivity contribution in [3.05, 3.63) is 42.7 Å². The van der Waals surface area contributed by atoms with Gasteiger partial charge in [0.15, 0.2) is 6.61 Å². The summed E-state index contributed by atoms with van der Waals surface area (Å²) in [6, 6.07) is 9.59. The van der Waals surface area contributed by atoms with Gasteiger partial charge < -0.3 is 9.64 Å². The number of ether oxygens (including phenoxy) is 1. The van der Waals surface area contributed by atoms with Gasteiger partial charge in [-0.15, -0.1) is 5.10 Å². The van der Waals surface area contributed by atoms with E-state index in [-0.39, 0.29) is 18.6 Å². The van der Waals surface area contributed by atoms with E-state index in [4.69, 9.17) is 4.74 Å². The van der Waals surface area contributed by atoms with Crippen molar-refractivity contribution in [3.8, 4) is 5.75 Å². The Morgan fingerprint density at radius 3 is 2.95 bits per heavy atom. The van der Waals surface area contributed by atoms with Crippen LogP contribution in [0.5, 0.6) is 5.75 Å². The van der Waals surface area contributed by atoms with Crippen LogP contribution in [0.4, 0.5) is 0 Å². The number of nitrogens with zero attached hydrogens (tertiary/aromatic N) is 4. The lowest BCUT2D eigenvalue weighted by molar-refractivity contribution is -0.132. The van der Waals surface area contributed by atoms with Gasteiger partial charge >= 0.3 is 0 Å². The molecule has 0 spiro atoms. The highest BCUT2D eigenvalue weighted by molar-refractivity contribution is 5.78. The van der Waals surface area contributed by atoms with Crippen molar-refractivity contribution in [1.82, 2.24) is 19.9 Å². The van der Waals surface area contributed by atoms with Crippen molar-refractivity contribution >= 4 is 5.91 Å². The Bertz CT molecular complexity index is 556. The molecule has 3 rings (SSSR count). The summed E-state index contributed by atoms with van der Waals surface area (Å²) in [6.07, 6.45) is 4.39. The quantitative estimate of drug-likeness (QED) is 0.837. The Hall–Kier alpha value is -2.37. The molecule has 0 N–H and O–H groups in total. The number of hydrogen-bond donors (Lipinski definition) is 0. The molecular weight excluding hydrogens is 256 g/mol. The first-order chi connectivity index (χ1) is 9.83. The number of carbonyl (C=O) groups excluding carboxylic acids is 1. The number of aromatic nitrogens is 3. The van der Waals surface area contributed by atoms with E-state index in [0.29, 0.717) is 12.3 Å². The van der Waals surface area contributed by atoms with Gasteiger partial charge in [0.2, 0.25) is 0 Å². The zero-order chi connectivity index (χ0) is 13.8. The molecule has 0 bridgehead atoms. The fraction of sp³-hybridized carbons (Fsp3) is 0.357. The zero-order valence-corrected chi connectivity index (χ0v) is 11.1. The van der Waals surface area contributed by atoms with E-state index in [9.17, 15) is 4.79 Å². The molecule has 6 heteroatoms. The SMILES string of the molecule is O=C(COc1ccccc1)N1CCC(n2ccnn2)C1. The van der Waals surface area contributed by atoms with Crippen LogP contribution in [0.1, 0.15) is 12.5 Å². The van der Waals surface area contributed by atoms with E-state index < -0.39 is 0 Å². The van der Waals surface area contributed by atoms with Gasteiger partial charge in [0, 0.05) is 19.3 Å². The third-order valence-electron chi connectivity index (χ3n) is 3.44. The van der Waals surface area contributed by atoms with Crippen LogP contribution >= 0.6 is 0 Å². The van der Waals surface area contributed by atoms with Crippen LogP contribution in [0.3, 0.4) is 0 Å². The molecule has 0 aliphatic carbocycles. The molecule has 0 radical (unpaired) electrons. The van der Waals surface area contributed by atoms with E-state index in [0.717, 1.165) is 13.0 Å². The van der Waals surface area contributed by atoms with E-state index >= 15 is 0 Å². The molecule has 0 saturated carbocycles. The first-order valence-corrected chi connectivity index (χ1v) is 6.64. The monoisotopic (exact) mass is 272 g/mol. The number of rotatable bonds is 4. The number of likely N-dealkylation sites (tertiary alicyclic amines) is 1. The third-order valence-corrected chi connectivity index (χ3v) is 3.44. The van der Waals surface area contributed by atoms with E-state index in [1.807, 2.05) is 46.1 Å². The van der Waals surface area contributed by atoms with Crippen LogP contribution in [-0.2, 0) is 4.79 Å². The Balaban J connectivity index is 1.51. The molecule has 1 aliphatic rings. The van der Waals surface area contributed by atoms with Crippen LogP contribution in [0.2, 0.25) is 0 Å². The summed E-state index contributed by atoms with van der Waals surface area (Å²) in [5, 5.41) is 7.78. The maximum Gasteiger partial charge on any atom is 0.260 e. The van der Waals surface area contributed by atoms with Crippen molar-refractivity contribution in [2.75, 3.05) is 19.7 Å². The lowest BCUT2D eigenvalue weighted by Crippen LogP contribution is -2.33. The highest BCUT2D eigenvalue weighted by Crippen LogP contribution is 2.20. The average molecular weight is 272 g/mol. The molecule has 1 unspecified atom stereocenters. The van der Waals surface area contributed by atoms with Crippen LogP contribution in [0.15, 0.2) is 42.7 Å². The molecule has 1 aliphatic heterocycles. The standard InChI is InChI=1S/C14H16N4O2/c19-14(11-20-13-4-2-1-3-5-13)17-8-6-12(10-17)18-9-7-15-16-18/h1-5,7,9,12H,6,8,10-11H2. The molecule has 1 amide bonds. The summed E-state index contributed by atoms with van der Waals surface area (Å²) < 4.78 is 7.29. The molecule has 20 heavy (non-hydrogen) atoms. The maximum absolute atomic E-state index is 12.1. The normalized spacial score (nSPS) is 18.2. The number of amides is 1. The van der Waals surface area contributed by atoms with Gasteiger partial charge in [0.05, 0.1) is 12.2 Å². The van der Waals surface area contributed by atoms with Crippen LogP contribution in [0, 0.1) is 0 Å². The van der Waals surface area contributed by atoms with Crippen molar-refractivity contribution < 1.29 is 9.53 Å². The smallest absolute Gasteiger partial charge is 0.260 e. The summed E-state index contributed by atoms with van der Waals surface area (Å²) in [4.78, 5) is 13.9. The molecule has 1 aromatic heterocycles. The van der Waals surface area contributed by atoms with E-state index in [1.165, 1.54) is 0 Å². The van der Waals surface area contributed by atoms with Crippen molar-refractivity contribution in [3.63, 3.8) is 0 Å². The highest BCUT2D eigenvalue weighted by Gasteiger charge is 2.27. The molecule has 1 atom stereocenters. The summed E-state index contributed by atoms with van der Waals surface area (Å²) in [7, 11) is 0. The molecule has 2 aromatic rings. The van der Waals surface area contributed by atoms with Crippen LogP contribution in [-0.4, -0.2) is 45.5 Å². The minimum absolute atomic E-state index is 0.0106. The number of carbonyl (C=O) groups is 1. The molecule has 1 aromatic carbocycles. The number of benzene rings is 1. The second-order valence-electron chi connectivity index (χ2n) is 4.77. The lowest BCUT2D eigenvalue weighted by atomic mass is 10.3. The van der Waals surface area contributed by atoms with Gasteiger partial charge in [-0.2, -0.15) is 0 Å². The van der Waals surface area contributed by atoms with Crippen molar-refractivity contribution in [1.29, 1.82) is 0 Å². The van der Waals surface area contributed by atoms with Gasteiger partial charge in [-0.05, 0) is 18.6 Å². The number of para-hydroxylation sites is 1. The van der Waals surface area contributed by atoms with Crippen molar-refractivity contribution in [2.45, 2.75) is 12.5 Å². The van der Waals surface area contributed by atoms with E-state index in [1.54, 1.807) is 6.20 Å². The zero-order valence-electron chi connectivity index (χ0n) is 11.1. The Morgan fingerprint density at radius 1 is 1.35 bits per heavy atom. The predicted molar refractivity (Wildman–Crippen MR) is 72.2 cm³/mol. The minimum Gasteiger partial charge on any atom is -0.484 e. The average Bonchev–Trinajstić information content (AvgIpc) is 3.16. The first kappa shape index (κ1) is 12.7. The fourth-order valence-electron chi connectivity index (χ4n) is 2.35. The van der Waals surface area contributed by atoms with Gasteiger partial charge in [-0.3, -0.25) is 4.79 Å². The summed E-state index contributed by atoms with van der Waals surface area (Å²) in [5.41, 5.74) is 0. The van der Waals surface area contributed by atoms with Gasteiger partial charge in [0.1, 0.15) is 5.75 Å².